The highest BCUT2D eigenvalue weighted by molar-refractivity contribution is 5.00. The molecule has 2 nitrogen and oxygen atoms in total. The zero-order valence-corrected chi connectivity index (χ0v) is 12.2. The second kappa shape index (κ2) is 4.55. The van der Waals surface area contributed by atoms with E-state index in [1.807, 2.05) is 0 Å². The Balaban J connectivity index is 1.94. The molecule has 2 aliphatic rings. The second-order valence-electron chi connectivity index (χ2n) is 7.22. The molecule has 0 aromatic heterocycles. The maximum Gasteiger partial charge on any atom is 0.0787 e. The van der Waals surface area contributed by atoms with Crippen molar-refractivity contribution in [2.24, 2.45) is 5.92 Å². The minimum absolute atomic E-state index is 0.0244. The van der Waals surface area contributed by atoms with Crippen LogP contribution in [-0.4, -0.2) is 23.3 Å². The molecule has 0 aromatic carbocycles. The van der Waals surface area contributed by atoms with Gasteiger partial charge in [-0.1, -0.05) is 12.8 Å². The van der Waals surface area contributed by atoms with Gasteiger partial charge in [-0.2, -0.15) is 0 Å². The lowest BCUT2D eigenvalue weighted by Gasteiger charge is -2.32. The predicted octanol–water partition coefficient (Wildman–Crippen LogP) is 3.50. The molecule has 0 aromatic rings. The third-order valence-electron chi connectivity index (χ3n) is 4.65. The van der Waals surface area contributed by atoms with E-state index in [1.54, 1.807) is 0 Å². The van der Waals surface area contributed by atoms with Gasteiger partial charge in [0, 0.05) is 12.1 Å². The molecule has 2 unspecified atom stereocenters. The summed E-state index contributed by atoms with van der Waals surface area (Å²) in [4.78, 5) is 0. The fourth-order valence-corrected chi connectivity index (χ4v) is 3.73. The van der Waals surface area contributed by atoms with Crippen molar-refractivity contribution < 1.29 is 4.74 Å². The largest absolute Gasteiger partial charge is 0.368 e. The molecule has 1 saturated carbocycles. The molecule has 2 atom stereocenters. The summed E-state index contributed by atoms with van der Waals surface area (Å²) < 4.78 is 6.15. The first-order chi connectivity index (χ1) is 7.80. The summed E-state index contributed by atoms with van der Waals surface area (Å²) in [5.41, 5.74) is -0.00702. The molecule has 1 heterocycles. The summed E-state index contributed by atoms with van der Waals surface area (Å²) in [5, 5.41) is 3.84. The lowest BCUT2D eigenvalue weighted by atomic mass is 9.91. The maximum atomic E-state index is 6.15. The van der Waals surface area contributed by atoms with Crippen LogP contribution in [0.1, 0.15) is 66.7 Å². The van der Waals surface area contributed by atoms with Gasteiger partial charge in [0.1, 0.15) is 0 Å². The van der Waals surface area contributed by atoms with Gasteiger partial charge < -0.3 is 10.1 Å². The van der Waals surface area contributed by atoms with E-state index in [9.17, 15) is 0 Å². The summed E-state index contributed by atoms with van der Waals surface area (Å²) in [7, 11) is 0. The van der Waals surface area contributed by atoms with Crippen LogP contribution in [0.15, 0.2) is 0 Å². The Morgan fingerprint density at radius 1 is 1.12 bits per heavy atom. The zero-order valence-electron chi connectivity index (χ0n) is 12.2. The highest BCUT2D eigenvalue weighted by Crippen LogP contribution is 2.38. The van der Waals surface area contributed by atoms with Gasteiger partial charge in [0.25, 0.3) is 0 Å². The quantitative estimate of drug-likeness (QED) is 0.814. The van der Waals surface area contributed by atoms with Gasteiger partial charge in [-0.25, -0.2) is 0 Å². The Labute approximate surface area is 107 Å². The van der Waals surface area contributed by atoms with Crippen LogP contribution in [0.2, 0.25) is 0 Å². The van der Waals surface area contributed by atoms with Gasteiger partial charge in [0.05, 0.1) is 11.2 Å². The zero-order chi connectivity index (χ0) is 12.7. The van der Waals surface area contributed by atoms with Crippen LogP contribution in [0.4, 0.5) is 0 Å². The van der Waals surface area contributed by atoms with Crippen molar-refractivity contribution in [1.82, 2.24) is 5.32 Å². The van der Waals surface area contributed by atoms with Crippen molar-refractivity contribution >= 4 is 0 Å². The first-order valence-corrected chi connectivity index (χ1v) is 7.26. The minimum Gasteiger partial charge on any atom is -0.368 e. The topological polar surface area (TPSA) is 21.3 Å². The lowest BCUT2D eigenvalue weighted by molar-refractivity contribution is -0.0707. The van der Waals surface area contributed by atoms with Crippen molar-refractivity contribution in [3.63, 3.8) is 0 Å². The van der Waals surface area contributed by atoms with E-state index in [0.29, 0.717) is 12.1 Å². The minimum atomic E-state index is -0.0314. The van der Waals surface area contributed by atoms with Crippen molar-refractivity contribution in [3.05, 3.63) is 0 Å². The summed E-state index contributed by atoms with van der Waals surface area (Å²) >= 11 is 0. The van der Waals surface area contributed by atoms with Crippen molar-refractivity contribution in [3.8, 4) is 0 Å². The standard InChI is InChI=1S/C15H29NO/c1-11(12-8-6-7-9-12)16-13-10-14(2,3)17-15(13,4)5/h11-13,16H,6-10H2,1-5H3. The highest BCUT2D eigenvalue weighted by atomic mass is 16.5. The summed E-state index contributed by atoms with van der Waals surface area (Å²) in [6, 6.07) is 1.13. The van der Waals surface area contributed by atoms with Gasteiger partial charge in [0.2, 0.25) is 0 Å². The molecule has 2 heteroatoms. The van der Waals surface area contributed by atoms with Gasteiger partial charge in [0.15, 0.2) is 0 Å². The van der Waals surface area contributed by atoms with Crippen molar-refractivity contribution in [2.45, 2.75) is 90.0 Å². The van der Waals surface area contributed by atoms with Crippen molar-refractivity contribution in [1.29, 1.82) is 0 Å². The Bertz CT molecular complexity index is 266. The maximum absolute atomic E-state index is 6.15. The molecule has 2 fully saturated rings. The number of hydrogen-bond donors (Lipinski definition) is 1. The van der Waals surface area contributed by atoms with Crippen LogP contribution >= 0.6 is 0 Å². The van der Waals surface area contributed by atoms with E-state index in [4.69, 9.17) is 4.74 Å². The molecule has 17 heavy (non-hydrogen) atoms. The first-order valence-electron chi connectivity index (χ1n) is 7.26. The van der Waals surface area contributed by atoms with E-state index in [-0.39, 0.29) is 11.2 Å². The van der Waals surface area contributed by atoms with Crippen LogP contribution in [0.3, 0.4) is 0 Å². The third-order valence-corrected chi connectivity index (χ3v) is 4.65. The Morgan fingerprint density at radius 2 is 1.71 bits per heavy atom. The molecule has 0 bridgehead atoms. The molecule has 1 aliphatic carbocycles. The Hall–Kier alpha value is -0.0800. The highest BCUT2D eigenvalue weighted by Gasteiger charge is 2.46. The monoisotopic (exact) mass is 239 g/mol. The molecule has 100 valence electrons. The van der Waals surface area contributed by atoms with E-state index in [0.717, 1.165) is 12.3 Å². The Morgan fingerprint density at radius 3 is 2.18 bits per heavy atom. The van der Waals surface area contributed by atoms with Gasteiger partial charge in [-0.15, -0.1) is 0 Å². The second-order valence-corrected chi connectivity index (χ2v) is 7.22. The fraction of sp³-hybridized carbons (Fsp3) is 1.00. The number of rotatable bonds is 3. The summed E-state index contributed by atoms with van der Waals surface area (Å²) in [6.45, 7) is 11.2. The average molecular weight is 239 g/mol. The summed E-state index contributed by atoms with van der Waals surface area (Å²) in [6.07, 6.45) is 6.79. The SMILES string of the molecule is CC(NC1CC(C)(C)OC1(C)C)C1CCCC1. The van der Waals surface area contributed by atoms with E-state index in [2.05, 4.69) is 39.9 Å². The molecule has 0 radical (unpaired) electrons. The van der Waals surface area contributed by atoms with Crippen LogP contribution in [0, 0.1) is 5.92 Å². The molecule has 1 saturated heterocycles. The van der Waals surface area contributed by atoms with Gasteiger partial charge >= 0.3 is 0 Å². The van der Waals surface area contributed by atoms with Crippen LogP contribution < -0.4 is 5.32 Å². The normalized spacial score (nSPS) is 34.1. The molecule has 0 amide bonds. The van der Waals surface area contributed by atoms with Crippen LogP contribution in [-0.2, 0) is 4.74 Å². The lowest BCUT2D eigenvalue weighted by Crippen LogP contribution is -2.49. The van der Waals surface area contributed by atoms with Gasteiger partial charge in [-0.05, 0) is 59.8 Å². The van der Waals surface area contributed by atoms with Crippen molar-refractivity contribution in [2.75, 3.05) is 0 Å². The molecular formula is C15H29NO. The third kappa shape index (κ3) is 3.03. The molecule has 2 rings (SSSR count). The van der Waals surface area contributed by atoms with E-state index >= 15 is 0 Å². The number of nitrogens with one attached hydrogen (secondary N) is 1. The van der Waals surface area contributed by atoms with Crippen LogP contribution in [0.5, 0.6) is 0 Å². The Kier molecular flexibility index (Phi) is 3.57. The molecule has 1 N–H and O–H groups in total. The molecule has 0 spiro atoms. The number of ether oxygens (including phenoxy) is 1. The van der Waals surface area contributed by atoms with Gasteiger partial charge in [-0.3, -0.25) is 0 Å². The smallest absolute Gasteiger partial charge is 0.0787 e. The van der Waals surface area contributed by atoms with E-state index < -0.39 is 0 Å². The first kappa shape index (κ1) is 13.4. The summed E-state index contributed by atoms with van der Waals surface area (Å²) in [5.74, 6) is 0.884. The average Bonchev–Trinajstić information content (AvgIpc) is 2.72. The molecular weight excluding hydrogens is 210 g/mol. The fourth-order valence-electron chi connectivity index (χ4n) is 3.73. The number of hydrogen-bond acceptors (Lipinski definition) is 2. The van der Waals surface area contributed by atoms with Crippen LogP contribution in [0.25, 0.3) is 0 Å². The molecule has 1 aliphatic heterocycles. The predicted molar refractivity (Wildman–Crippen MR) is 72.2 cm³/mol. The van der Waals surface area contributed by atoms with E-state index in [1.165, 1.54) is 25.7 Å².